The fourth-order valence-electron chi connectivity index (χ4n) is 3.54. The van der Waals surface area contributed by atoms with E-state index in [1.807, 2.05) is 6.26 Å². The minimum Gasteiger partial charge on any atom is -0.480 e. The number of rotatable bonds is 5. The highest BCUT2D eigenvalue weighted by atomic mass is 32.2. The van der Waals surface area contributed by atoms with Crippen LogP contribution in [0.1, 0.15) is 44.9 Å². The zero-order chi connectivity index (χ0) is 15.3. The molecule has 1 aliphatic heterocycles. The Morgan fingerprint density at radius 1 is 1.24 bits per heavy atom. The average molecular weight is 314 g/mol. The SMILES string of the molecule is CSCC[C@H](NC(=O)N1CCC2(CCCC2)CC1)C(=O)O. The minimum atomic E-state index is -0.943. The summed E-state index contributed by atoms with van der Waals surface area (Å²) in [4.78, 5) is 25.2. The predicted octanol–water partition coefficient (Wildman–Crippen LogP) is 2.56. The zero-order valence-corrected chi connectivity index (χ0v) is 13.6. The van der Waals surface area contributed by atoms with Crippen molar-refractivity contribution in [2.75, 3.05) is 25.1 Å². The Bertz CT molecular complexity index is 373. The van der Waals surface area contributed by atoms with Gasteiger partial charge in [-0.2, -0.15) is 11.8 Å². The first kappa shape index (κ1) is 16.5. The predicted molar refractivity (Wildman–Crippen MR) is 84.7 cm³/mol. The molecule has 2 N–H and O–H groups in total. The number of thioether (sulfide) groups is 1. The molecule has 0 aromatic heterocycles. The highest BCUT2D eigenvalue weighted by Crippen LogP contribution is 2.46. The Morgan fingerprint density at radius 3 is 2.38 bits per heavy atom. The Balaban J connectivity index is 1.81. The van der Waals surface area contributed by atoms with Gasteiger partial charge in [0.15, 0.2) is 0 Å². The lowest BCUT2D eigenvalue weighted by Gasteiger charge is -2.39. The number of nitrogens with one attached hydrogen (secondary N) is 1. The van der Waals surface area contributed by atoms with Gasteiger partial charge in [0.05, 0.1) is 0 Å². The molecule has 1 saturated heterocycles. The van der Waals surface area contributed by atoms with Gasteiger partial charge < -0.3 is 15.3 Å². The van der Waals surface area contributed by atoms with Crippen molar-refractivity contribution in [1.29, 1.82) is 0 Å². The molecule has 1 spiro atoms. The molecule has 1 atom stereocenters. The van der Waals surface area contributed by atoms with Crippen LogP contribution < -0.4 is 5.32 Å². The Hall–Kier alpha value is -0.910. The summed E-state index contributed by atoms with van der Waals surface area (Å²) in [6, 6.07) is -0.983. The lowest BCUT2D eigenvalue weighted by atomic mass is 9.77. The Kier molecular flexibility index (Phi) is 5.79. The van der Waals surface area contributed by atoms with Crippen molar-refractivity contribution in [3.8, 4) is 0 Å². The summed E-state index contributed by atoms with van der Waals surface area (Å²) in [5.74, 6) is -0.206. The smallest absolute Gasteiger partial charge is 0.326 e. The normalized spacial score (nSPS) is 22.2. The van der Waals surface area contributed by atoms with Crippen LogP contribution in [0.5, 0.6) is 0 Å². The molecule has 1 aliphatic carbocycles. The van der Waals surface area contributed by atoms with Crippen LogP contribution in [0.2, 0.25) is 0 Å². The molecule has 1 saturated carbocycles. The largest absolute Gasteiger partial charge is 0.480 e. The molecule has 6 heteroatoms. The minimum absolute atomic E-state index is 0.212. The van der Waals surface area contributed by atoms with Gasteiger partial charge in [0.25, 0.3) is 0 Å². The third-order valence-corrected chi connectivity index (χ3v) is 5.63. The summed E-state index contributed by atoms with van der Waals surface area (Å²) in [6.07, 6.45) is 9.80. The lowest BCUT2D eigenvalue weighted by molar-refractivity contribution is -0.139. The number of piperidine rings is 1. The molecule has 5 nitrogen and oxygen atoms in total. The number of amides is 2. The lowest BCUT2D eigenvalue weighted by Crippen LogP contribution is -2.51. The Labute approximate surface area is 130 Å². The summed E-state index contributed by atoms with van der Waals surface area (Å²) in [7, 11) is 0. The van der Waals surface area contributed by atoms with E-state index in [1.165, 1.54) is 25.7 Å². The van der Waals surface area contributed by atoms with E-state index in [9.17, 15) is 14.7 Å². The van der Waals surface area contributed by atoms with Crippen molar-refractivity contribution in [1.82, 2.24) is 10.2 Å². The molecule has 120 valence electrons. The van der Waals surface area contributed by atoms with Gasteiger partial charge >= 0.3 is 12.0 Å². The molecule has 0 unspecified atom stereocenters. The first-order valence-corrected chi connectivity index (χ1v) is 9.23. The molecule has 2 amide bonds. The van der Waals surface area contributed by atoms with Crippen LogP contribution in [-0.4, -0.2) is 53.1 Å². The van der Waals surface area contributed by atoms with E-state index in [0.717, 1.165) is 31.7 Å². The molecule has 2 rings (SSSR count). The van der Waals surface area contributed by atoms with E-state index in [1.54, 1.807) is 16.7 Å². The summed E-state index contributed by atoms with van der Waals surface area (Å²) in [5.41, 5.74) is 0.474. The van der Waals surface area contributed by atoms with E-state index in [0.29, 0.717) is 11.8 Å². The maximum absolute atomic E-state index is 12.2. The molecule has 1 heterocycles. The van der Waals surface area contributed by atoms with E-state index < -0.39 is 12.0 Å². The van der Waals surface area contributed by atoms with Gasteiger partial charge in [-0.05, 0) is 49.5 Å². The molecular weight excluding hydrogens is 288 g/mol. The summed E-state index contributed by atoms with van der Waals surface area (Å²) < 4.78 is 0. The monoisotopic (exact) mass is 314 g/mol. The second-order valence-corrected chi connectivity index (χ2v) is 7.30. The number of carbonyl (C=O) groups is 2. The van der Waals surface area contributed by atoms with Crippen LogP contribution >= 0.6 is 11.8 Å². The van der Waals surface area contributed by atoms with Crippen LogP contribution in [0.3, 0.4) is 0 Å². The quantitative estimate of drug-likeness (QED) is 0.818. The first-order valence-electron chi connectivity index (χ1n) is 7.83. The van der Waals surface area contributed by atoms with E-state index in [4.69, 9.17) is 0 Å². The molecular formula is C15H26N2O3S. The fourth-order valence-corrected chi connectivity index (χ4v) is 4.01. The second-order valence-electron chi connectivity index (χ2n) is 6.32. The molecule has 0 bridgehead atoms. The van der Waals surface area contributed by atoms with Crippen LogP contribution in [0.25, 0.3) is 0 Å². The van der Waals surface area contributed by atoms with Crippen molar-refractivity contribution >= 4 is 23.8 Å². The molecule has 21 heavy (non-hydrogen) atoms. The number of urea groups is 1. The maximum atomic E-state index is 12.2. The van der Waals surface area contributed by atoms with Gasteiger partial charge in [-0.1, -0.05) is 12.8 Å². The fraction of sp³-hybridized carbons (Fsp3) is 0.867. The van der Waals surface area contributed by atoms with Gasteiger partial charge in [0, 0.05) is 13.1 Å². The molecule has 2 aliphatic rings. The topological polar surface area (TPSA) is 69.6 Å². The highest BCUT2D eigenvalue weighted by Gasteiger charge is 2.38. The Morgan fingerprint density at radius 2 is 1.86 bits per heavy atom. The number of carboxylic acid groups (broad SMARTS) is 1. The first-order chi connectivity index (χ1) is 10.1. The van der Waals surface area contributed by atoms with Crippen LogP contribution in [0.15, 0.2) is 0 Å². The van der Waals surface area contributed by atoms with Gasteiger partial charge in [0.2, 0.25) is 0 Å². The molecule has 2 fully saturated rings. The maximum Gasteiger partial charge on any atom is 0.326 e. The van der Waals surface area contributed by atoms with Gasteiger partial charge in [-0.15, -0.1) is 0 Å². The molecule has 0 aromatic rings. The van der Waals surface area contributed by atoms with E-state index in [2.05, 4.69) is 5.32 Å². The van der Waals surface area contributed by atoms with Crippen molar-refractivity contribution in [2.45, 2.75) is 51.0 Å². The summed E-state index contributed by atoms with van der Waals surface area (Å²) >= 11 is 1.59. The summed E-state index contributed by atoms with van der Waals surface area (Å²) in [6.45, 7) is 1.53. The van der Waals surface area contributed by atoms with Gasteiger partial charge in [0.1, 0.15) is 6.04 Å². The van der Waals surface area contributed by atoms with Crippen molar-refractivity contribution < 1.29 is 14.7 Å². The standard InChI is InChI=1S/C15H26N2O3S/c1-21-11-4-12(13(18)19)16-14(20)17-9-7-15(8-10-17)5-2-3-6-15/h12H,2-11H2,1H3,(H,16,20)(H,18,19)/t12-/m0/s1. The average Bonchev–Trinajstić information content (AvgIpc) is 2.92. The number of nitrogens with zero attached hydrogens (tertiary/aromatic N) is 1. The van der Waals surface area contributed by atoms with E-state index >= 15 is 0 Å². The number of carboxylic acids is 1. The third-order valence-electron chi connectivity index (χ3n) is 4.98. The molecule has 0 radical (unpaired) electrons. The van der Waals surface area contributed by atoms with E-state index in [-0.39, 0.29) is 6.03 Å². The highest BCUT2D eigenvalue weighted by molar-refractivity contribution is 7.98. The van der Waals surface area contributed by atoms with Gasteiger partial charge in [-0.25, -0.2) is 9.59 Å². The number of hydrogen-bond donors (Lipinski definition) is 2. The number of likely N-dealkylation sites (tertiary alicyclic amines) is 1. The second kappa shape index (κ2) is 7.38. The third kappa shape index (κ3) is 4.28. The van der Waals surface area contributed by atoms with Crippen molar-refractivity contribution in [3.05, 3.63) is 0 Å². The number of hydrogen-bond acceptors (Lipinski definition) is 3. The van der Waals surface area contributed by atoms with Crippen LogP contribution in [-0.2, 0) is 4.79 Å². The number of aliphatic carboxylic acids is 1. The molecule has 0 aromatic carbocycles. The van der Waals surface area contributed by atoms with Crippen molar-refractivity contribution in [3.63, 3.8) is 0 Å². The van der Waals surface area contributed by atoms with Crippen molar-refractivity contribution in [2.24, 2.45) is 5.41 Å². The summed E-state index contributed by atoms with van der Waals surface area (Å²) in [5, 5.41) is 11.8. The van der Waals surface area contributed by atoms with Crippen LogP contribution in [0.4, 0.5) is 4.79 Å². The van der Waals surface area contributed by atoms with Crippen LogP contribution in [0, 0.1) is 5.41 Å². The van der Waals surface area contributed by atoms with Gasteiger partial charge in [-0.3, -0.25) is 0 Å². The number of carbonyl (C=O) groups excluding carboxylic acids is 1. The zero-order valence-electron chi connectivity index (χ0n) is 12.8.